The lowest BCUT2D eigenvalue weighted by atomic mass is 9.97. The first kappa shape index (κ1) is 11.8. The molecule has 0 aliphatic rings. The van der Waals surface area contributed by atoms with Gasteiger partial charge in [0.05, 0.1) is 0 Å². The molecule has 0 unspecified atom stereocenters. The van der Waals surface area contributed by atoms with Gasteiger partial charge in [0.2, 0.25) is 5.91 Å². The highest BCUT2D eigenvalue weighted by atomic mass is 35.5. The fourth-order valence-corrected chi connectivity index (χ4v) is 0.622. The van der Waals surface area contributed by atoms with Crippen LogP contribution in [0.2, 0.25) is 0 Å². The monoisotopic (exact) mass is 191 g/mol. The highest BCUT2D eigenvalue weighted by Crippen LogP contribution is 2.14. The SMILES string of the molecule is CC(C)(C)CNC(=O)C(C)(C)Cl. The van der Waals surface area contributed by atoms with Gasteiger partial charge in [-0.05, 0) is 19.3 Å². The quantitative estimate of drug-likeness (QED) is 0.666. The fraction of sp³-hybridized carbons (Fsp3) is 0.889. The molecule has 1 N–H and O–H groups in total. The van der Waals surface area contributed by atoms with E-state index in [2.05, 4.69) is 26.1 Å². The Morgan fingerprint density at radius 2 is 1.67 bits per heavy atom. The topological polar surface area (TPSA) is 29.1 Å². The number of carbonyl (C=O) groups excluding carboxylic acids is 1. The van der Waals surface area contributed by atoms with Crippen molar-refractivity contribution < 1.29 is 4.79 Å². The van der Waals surface area contributed by atoms with Gasteiger partial charge in [-0.2, -0.15) is 0 Å². The van der Waals surface area contributed by atoms with Crippen molar-refractivity contribution in [2.75, 3.05) is 6.54 Å². The van der Waals surface area contributed by atoms with Gasteiger partial charge < -0.3 is 5.32 Å². The van der Waals surface area contributed by atoms with Crippen LogP contribution in [0, 0.1) is 5.41 Å². The van der Waals surface area contributed by atoms with Crippen molar-refractivity contribution in [3.63, 3.8) is 0 Å². The lowest BCUT2D eigenvalue weighted by molar-refractivity contribution is -0.123. The molecule has 0 aromatic carbocycles. The summed E-state index contributed by atoms with van der Waals surface area (Å²) in [7, 11) is 0. The minimum absolute atomic E-state index is 0.109. The molecule has 0 atom stereocenters. The maximum atomic E-state index is 11.3. The predicted molar refractivity (Wildman–Crippen MR) is 52.4 cm³/mol. The Hall–Kier alpha value is -0.240. The van der Waals surface area contributed by atoms with E-state index in [-0.39, 0.29) is 11.3 Å². The third kappa shape index (κ3) is 5.42. The average molecular weight is 192 g/mol. The summed E-state index contributed by atoms with van der Waals surface area (Å²) in [5, 5.41) is 2.79. The largest absolute Gasteiger partial charge is 0.354 e. The Balaban J connectivity index is 3.90. The second kappa shape index (κ2) is 3.65. The Kier molecular flexibility index (Phi) is 3.58. The van der Waals surface area contributed by atoms with E-state index >= 15 is 0 Å². The molecule has 0 heterocycles. The van der Waals surface area contributed by atoms with Gasteiger partial charge in [-0.25, -0.2) is 0 Å². The van der Waals surface area contributed by atoms with Gasteiger partial charge >= 0.3 is 0 Å². The van der Waals surface area contributed by atoms with Crippen molar-refractivity contribution in [1.82, 2.24) is 5.32 Å². The van der Waals surface area contributed by atoms with Gasteiger partial charge in [-0.3, -0.25) is 4.79 Å². The molecule has 72 valence electrons. The van der Waals surface area contributed by atoms with Crippen LogP contribution >= 0.6 is 11.6 Å². The van der Waals surface area contributed by atoms with Gasteiger partial charge in [0, 0.05) is 6.54 Å². The maximum Gasteiger partial charge on any atom is 0.240 e. The summed E-state index contributed by atoms with van der Waals surface area (Å²) in [6.07, 6.45) is 0. The van der Waals surface area contributed by atoms with Gasteiger partial charge in [0.1, 0.15) is 4.87 Å². The molecular weight excluding hydrogens is 174 g/mol. The summed E-state index contributed by atoms with van der Waals surface area (Å²) < 4.78 is 0. The first-order chi connectivity index (χ1) is 5.13. The number of amides is 1. The Labute approximate surface area is 79.7 Å². The zero-order chi connectivity index (χ0) is 9.99. The van der Waals surface area contributed by atoms with Crippen LogP contribution < -0.4 is 5.32 Å². The molecule has 0 aliphatic heterocycles. The van der Waals surface area contributed by atoms with E-state index < -0.39 is 4.87 Å². The number of rotatable bonds is 2. The van der Waals surface area contributed by atoms with Crippen molar-refractivity contribution >= 4 is 17.5 Å². The summed E-state index contributed by atoms with van der Waals surface area (Å²) >= 11 is 5.80. The third-order valence-electron chi connectivity index (χ3n) is 1.32. The lowest BCUT2D eigenvalue weighted by Crippen LogP contribution is -2.41. The fourth-order valence-electron chi connectivity index (χ4n) is 0.556. The molecule has 0 saturated heterocycles. The number of nitrogens with one attached hydrogen (secondary N) is 1. The van der Waals surface area contributed by atoms with Crippen LogP contribution in [0.1, 0.15) is 34.6 Å². The first-order valence-electron chi connectivity index (χ1n) is 4.10. The summed E-state index contributed by atoms with van der Waals surface area (Å²) in [4.78, 5) is 10.5. The number of hydrogen-bond donors (Lipinski definition) is 1. The van der Waals surface area contributed by atoms with Crippen molar-refractivity contribution in [3.05, 3.63) is 0 Å². The molecule has 0 aliphatic carbocycles. The van der Waals surface area contributed by atoms with E-state index in [1.54, 1.807) is 13.8 Å². The summed E-state index contributed by atoms with van der Waals surface area (Å²) in [5.41, 5.74) is 0.109. The minimum Gasteiger partial charge on any atom is -0.354 e. The molecule has 0 fully saturated rings. The van der Waals surface area contributed by atoms with Gasteiger partial charge in [0.15, 0.2) is 0 Å². The molecule has 0 saturated carbocycles. The second-order valence-corrected chi connectivity index (χ2v) is 5.66. The zero-order valence-electron chi connectivity index (χ0n) is 8.49. The van der Waals surface area contributed by atoms with Gasteiger partial charge in [-0.15, -0.1) is 11.6 Å². The average Bonchev–Trinajstić information content (AvgIpc) is 1.78. The van der Waals surface area contributed by atoms with E-state index in [1.807, 2.05) is 0 Å². The standard InChI is InChI=1S/C9H18ClNO/c1-8(2,3)6-11-7(12)9(4,5)10/h6H2,1-5H3,(H,11,12). The van der Waals surface area contributed by atoms with Crippen LogP contribution in [-0.4, -0.2) is 17.3 Å². The molecule has 12 heavy (non-hydrogen) atoms. The van der Waals surface area contributed by atoms with E-state index in [0.717, 1.165) is 0 Å². The third-order valence-corrected chi connectivity index (χ3v) is 1.49. The molecule has 0 bridgehead atoms. The molecule has 0 spiro atoms. The summed E-state index contributed by atoms with van der Waals surface area (Å²) in [5.74, 6) is -0.112. The number of alkyl halides is 1. The van der Waals surface area contributed by atoms with E-state index in [4.69, 9.17) is 11.6 Å². The normalized spacial score (nSPS) is 12.8. The van der Waals surface area contributed by atoms with Crippen LogP contribution in [0.4, 0.5) is 0 Å². The van der Waals surface area contributed by atoms with E-state index in [0.29, 0.717) is 6.54 Å². The van der Waals surface area contributed by atoms with E-state index in [1.165, 1.54) is 0 Å². The van der Waals surface area contributed by atoms with Crippen LogP contribution in [0.3, 0.4) is 0 Å². The lowest BCUT2D eigenvalue weighted by Gasteiger charge is -2.22. The zero-order valence-corrected chi connectivity index (χ0v) is 9.25. The summed E-state index contributed by atoms with van der Waals surface area (Å²) in [6, 6.07) is 0. The van der Waals surface area contributed by atoms with Crippen LogP contribution in [0.5, 0.6) is 0 Å². The number of hydrogen-bond acceptors (Lipinski definition) is 1. The van der Waals surface area contributed by atoms with Crippen molar-refractivity contribution in [2.45, 2.75) is 39.5 Å². The highest BCUT2D eigenvalue weighted by molar-refractivity contribution is 6.34. The maximum absolute atomic E-state index is 11.3. The molecule has 0 radical (unpaired) electrons. The van der Waals surface area contributed by atoms with Crippen molar-refractivity contribution in [2.24, 2.45) is 5.41 Å². The molecule has 3 heteroatoms. The molecule has 0 rings (SSSR count). The van der Waals surface area contributed by atoms with Crippen LogP contribution in [-0.2, 0) is 4.79 Å². The van der Waals surface area contributed by atoms with Crippen molar-refractivity contribution in [3.8, 4) is 0 Å². The second-order valence-electron chi connectivity index (χ2n) is 4.72. The van der Waals surface area contributed by atoms with Crippen LogP contribution in [0.25, 0.3) is 0 Å². The first-order valence-corrected chi connectivity index (χ1v) is 4.48. The molecule has 1 amide bonds. The highest BCUT2D eigenvalue weighted by Gasteiger charge is 2.24. The van der Waals surface area contributed by atoms with Crippen molar-refractivity contribution in [1.29, 1.82) is 0 Å². The van der Waals surface area contributed by atoms with Crippen LogP contribution in [0.15, 0.2) is 0 Å². The summed E-state index contributed by atoms with van der Waals surface area (Å²) in [6.45, 7) is 10.2. The van der Waals surface area contributed by atoms with Gasteiger partial charge in [0.25, 0.3) is 0 Å². The predicted octanol–water partition coefficient (Wildman–Crippen LogP) is 2.17. The minimum atomic E-state index is -0.800. The Bertz CT molecular complexity index is 164. The molecule has 2 nitrogen and oxygen atoms in total. The molecule has 0 aromatic heterocycles. The Morgan fingerprint density at radius 3 is 1.92 bits per heavy atom. The van der Waals surface area contributed by atoms with E-state index in [9.17, 15) is 4.79 Å². The van der Waals surface area contributed by atoms with Gasteiger partial charge in [-0.1, -0.05) is 20.8 Å². The Morgan fingerprint density at radius 1 is 1.25 bits per heavy atom. The number of halogens is 1. The molecular formula is C9H18ClNO. The molecule has 0 aromatic rings. The number of carbonyl (C=O) groups is 1. The smallest absolute Gasteiger partial charge is 0.240 e.